The molecule has 0 bridgehead atoms. The van der Waals surface area contributed by atoms with Gasteiger partial charge < -0.3 is 0 Å². The molecule has 0 saturated heterocycles. The molecule has 0 heterocycles. The zero-order valence-corrected chi connectivity index (χ0v) is 7.72. The quantitative estimate of drug-likeness (QED) is 0.634. The van der Waals surface area contributed by atoms with E-state index in [2.05, 4.69) is 39.5 Å². The van der Waals surface area contributed by atoms with Crippen molar-refractivity contribution in [2.75, 3.05) is 6.54 Å². The Balaban J connectivity index is 0. The van der Waals surface area contributed by atoms with Crippen LogP contribution in [0.15, 0.2) is 0 Å². The molecule has 1 nitrogen and oxygen atoms in total. The van der Waals surface area contributed by atoms with Crippen LogP contribution in [0, 0.1) is 6.92 Å². The minimum atomic E-state index is 0. The molecule has 0 aromatic rings. The first-order valence-corrected chi connectivity index (χ1v) is 4.14. The standard InChI is InChI=1S/C9H20N.GeH4/c1-6-7-10(8(2)3)9(4)5;/h8-9H,1,6-7H2,2-5H3;1H4. The van der Waals surface area contributed by atoms with Crippen LogP contribution in [-0.4, -0.2) is 41.1 Å². The molecule has 2 heteroatoms. The number of nitrogens with zero attached hydrogens (tertiary/aromatic N) is 1. The van der Waals surface area contributed by atoms with Gasteiger partial charge in [-0.15, -0.1) is 0 Å². The van der Waals surface area contributed by atoms with Gasteiger partial charge in [0.05, 0.1) is 0 Å². The first kappa shape index (κ1) is 14.1. The molecular weight excluding hydrogens is 195 g/mol. The Bertz CT molecular complexity index is 73.6. The SMILES string of the molecule is [CH2]CCN(C(C)C)C(C)C.[GeH4]. The van der Waals surface area contributed by atoms with Crippen molar-refractivity contribution in [3.63, 3.8) is 0 Å². The van der Waals surface area contributed by atoms with Gasteiger partial charge in [0.25, 0.3) is 0 Å². The van der Waals surface area contributed by atoms with Crippen molar-refractivity contribution in [3.8, 4) is 0 Å². The molecule has 0 amide bonds. The summed E-state index contributed by atoms with van der Waals surface area (Å²) in [7, 11) is 0. The third kappa shape index (κ3) is 5.74. The molecule has 11 heavy (non-hydrogen) atoms. The normalized spacial score (nSPS) is 10.9. The molecule has 0 atom stereocenters. The summed E-state index contributed by atoms with van der Waals surface area (Å²) in [4.78, 5) is 2.45. The van der Waals surface area contributed by atoms with Gasteiger partial charge in [0.2, 0.25) is 0 Å². The Labute approximate surface area is 82.5 Å². The van der Waals surface area contributed by atoms with Crippen LogP contribution in [0.1, 0.15) is 34.1 Å². The van der Waals surface area contributed by atoms with E-state index in [0.717, 1.165) is 13.0 Å². The van der Waals surface area contributed by atoms with Crippen molar-refractivity contribution in [1.29, 1.82) is 0 Å². The van der Waals surface area contributed by atoms with Crippen LogP contribution in [0.5, 0.6) is 0 Å². The summed E-state index contributed by atoms with van der Waals surface area (Å²) in [6.45, 7) is 13.9. The summed E-state index contributed by atoms with van der Waals surface area (Å²) < 4.78 is 0. The number of rotatable bonds is 4. The van der Waals surface area contributed by atoms with Crippen LogP contribution < -0.4 is 0 Å². The van der Waals surface area contributed by atoms with Gasteiger partial charge >= 0.3 is 17.6 Å². The molecule has 0 spiro atoms. The third-order valence-corrected chi connectivity index (χ3v) is 1.74. The van der Waals surface area contributed by atoms with E-state index in [9.17, 15) is 0 Å². The van der Waals surface area contributed by atoms with E-state index >= 15 is 0 Å². The van der Waals surface area contributed by atoms with E-state index < -0.39 is 0 Å². The molecule has 0 aromatic carbocycles. The fourth-order valence-corrected chi connectivity index (χ4v) is 1.30. The molecule has 0 N–H and O–H groups in total. The molecule has 0 aliphatic rings. The van der Waals surface area contributed by atoms with Crippen molar-refractivity contribution in [1.82, 2.24) is 4.90 Å². The van der Waals surface area contributed by atoms with E-state index in [-0.39, 0.29) is 17.6 Å². The molecule has 0 rings (SSSR count). The number of hydrogen-bond donors (Lipinski definition) is 0. The van der Waals surface area contributed by atoms with Gasteiger partial charge in [0.1, 0.15) is 0 Å². The Hall–Kier alpha value is 0.503. The molecule has 0 fully saturated rings. The molecule has 0 aliphatic heterocycles. The average molecular weight is 219 g/mol. The predicted octanol–water partition coefficient (Wildman–Crippen LogP) is 0.878. The third-order valence-electron chi connectivity index (χ3n) is 1.74. The molecule has 69 valence electrons. The second-order valence-electron chi connectivity index (χ2n) is 3.28. The maximum absolute atomic E-state index is 3.85. The molecule has 0 aromatic heterocycles. The fourth-order valence-electron chi connectivity index (χ4n) is 1.30. The van der Waals surface area contributed by atoms with Crippen molar-refractivity contribution < 1.29 is 0 Å². The predicted molar refractivity (Wildman–Crippen MR) is 58.3 cm³/mol. The summed E-state index contributed by atoms with van der Waals surface area (Å²) in [5.74, 6) is 0. The van der Waals surface area contributed by atoms with E-state index in [4.69, 9.17) is 0 Å². The molecule has 0 unspecified atom stereocenters. The summed E-state index contributed by atoms with van der Waals surface area (Å²) in [5.41, 5.74) is 0. The Morgan fingerprint density at radius 1 is 1.09 bits per heavy atom. The van der Waals surface area contributed by atoms with Gasteiger partial charge in [-0.05, 0) is 40.7 Å². The van der Waals surface area contributed by atoms with Crippen LogP contribution in [0.3, 0.4) is 0 Å². The van der Waals surface area contributed by atoms with Crippen molar-refractivity contribution in [2.45, 2.75) is 46.2 Å². The maximum atomic E-state index is 3.85. The second kappa shape index (κ2) is 7.17. The van der Waals surface area contributed by atoms with Gasteiger partial charge in [0, 0.05) is 12.1 Å². The summed E-state index contributed by atoms with van der Waals surface area (Å²) in [6, 6.07) is 1.31. The van der Waals surface area contributed by atoms with Crippen LogP contribution in [0.2, 0.25) is 0 Å². The molecule has 0 saturated carbocycles. The van der Waals surface area contributed by atoms with Crippen molar-refractivity contribution >= 4 is 17.6 Å². The molecular formula is C9H24GeN. The van der Waals surface area contributed by atoms with E-state index in [1.807, 2.05) is 0 Å². The van der Waals surface area contributed by atoms with Gasteiger partial charge in [-0.25, -0.2) is 0 Å². The second-order valence-corrected chi connectivity index (χ2v) is 3.28. The summed E-state index contributed by atoms with van der Waals surface area (Å²) in [6.07, 6.45) is 1.01. The fraction of sp³-hybridized carbons (Fsp3) is 0.889. The first-order chi connectivity index (χ1) is 4.59. The molecule has 0 aliphatic carbocycles. The summed E-state index contributed by atoms with van der Waals surface area (Å²) >= 11 is 0. The van der Waals surface area contributed by atoms with Crippen molar-refractivity contribution in [2.24, 2.45) is 0 Å². The zero-order chi connectivity index (χ0) is 8.15. The average Bonchev–Trinajstić information content (AvgIpc) is 1.81. The van der Waals surface area contributed by atoms with Crippen LogP contribution >= 0.6 is 0 Å². The van der Waals surface area contributed by atoms with Gasteiger partial charge in [-0.2, -0.15) is 0 Å². The minimum absolute atomic E-state index is 0. The Morgan fingerprint density at radius 3 is 1.55 bits per heavy atom. The Morgan fingerprint density at radius 2 is 1.45 bits per heavy atom. The van der Waals surface area contributed by atoms with Gasteiger partial charge in [-0.3, -0.25) is 4.90 Å². The monoisotopic (exact) mass is 220 g/mol. The first-order valence-electron chi connectivity index (χ1n) is 4.14. The van der Waals surface area contributed by atoms with Crippen LogP contribution in [0.25, 0.3) is 0 Å². The van der Waals surface area contributed by atoms with E-state index in [1.54, 1.807) is 0 Å². The topological polar surface area (TPSA) is 3.24 Å². The summed E-state index contributed by atoms with van der Waals surface area (Å²) in [5, 5.41) is 0. The van der Waals surface area contributed by atoms with Crippen LogP contribution in [0.4, 0.5) is 0 Å². The van der Waals surface area contributed by atoms with E-state index in [0.29, 0.717) is 12.1 Å². The molecule has 1 radical (unpaired) electrons. The van der Waals surface area contributed by atoms with E-state index in [1.165, 1.54) is 0 Å². The van der Waals surface area contributed by atoms with Gasteiger partial charge in [-0.1, -0.05) is 6.92 Å². The van der Waals surface area contributed by atoms with Crippen LogP contribution in [-0.2, 0) is 0 Å². The Kier molecular flexibility index (Phi) is 9.16. The number of hydrogen-bond acceptors (Lipinski definition) is 1. The van der Waals surface area contributed by atoms with Gasteiger partial charge in [0.15, 0.2) is 0 Å². The zero-order valence-electron chi connectivity index (χ0n) is 7.72. The van der Waals surface area contributed by atoms with Crippen molar-refractivity contribution in [3.05, 3.63) is 6.92 Å².